The number of carbonyl (C=O) groups excluding carboxylic acids is 1. The Morgan fingerprint density at radius 3 is 2.72 bits per heavy atom. The molecule has 1 aromatic carbocycles. The molecule has 0 spiro atoms. The van der Waals surface area contributed by atoms with Crippen LogP contribution in [-0.4, -0.2) is 22.7 Å². The number of fused-ring (bicyclic) bond motifs is 5. The third kappa shape index (κ3) is 3.33. The summed E-state index contributed by atoms with van der Waals surface area (Å²) in [5.74, 6) is 3.75. The van der Waals surface area contributed by atoms with E-state index in [1.165, 1.54) is 23.3 Å². The molecule has 1 unspecified atom stereocenters. The van der Waals surface area contributed by atoms with Gasteiger partial charge in [0.25, 0.3) is 0 Å². The van der Waals surface area contributed by atoms with Crippen LogP contribution in [0.5, 0.6) is 0 Å². The second-order valence-electron chi connectivity index (χ2n) is 10.7. The molecular formula is C26H34O2S. The number of hydrogen-bond acceptors (Lipinski definition) is 3. The number of hydrogen-bond donors (Lipinski definition) is 1. The first-order valence-corrected chi connectivity index (χ1v) is 12.4. The molecule has 3 saturated carbocycles. The van der Waals surface area contributed by atoms with E-state index in [9.17, 15) is 9.90 Å². The van der Waals surface area contributed by atoms with Crippen molar-refractivity contribution in [1.29, 1.82) is 0 Å². The minimum absolute atomic E-state index is 0.205. The molecule has 0 radical (unpaired) electrons. The van der Waals surface area contributed by atoms with Crippen molar-refractivity contribution in [3.8, 4) is 0 Å². The van der Waals surface area contributed by atoms with E-state index in [1.54, 1.807) is 0 Å². The van der Waals surface area contributed by atoms with E-state index in [-0.39, 0.29) is 16.9 Å². The average Bonchev–Trinajstić information content (AvgIpc) is 3.02. The second-order valence-corrected chi connectivity index (χ2v) is 11.8. The number of allylic oxidation sites excluding steroid dienone is 1. The second kappa shape index (κ2) is 7.27. The molecule has 4 aliphatic rings. The number of ketones is 1. The van der Waals surface area contributed by atoms with Gasteiger partial charge in [0, 0.05) is 23.5 Å². The van der Waals surface area contributed by atoms with Gasteiger partial charge in [-0.05, 0) is 78.7 Å². The van der Waals surface area contributed by atoms with E-state index in [0.29, 0.717) is 29.5 Å². The summed E-state index contributed by atoms with van der Waals surface area (Å²) in [5, 5.41) is 10.9. The lowest BCUT2D eigenvalue weighted by Crippen LogP contribution is -2.51. The fraction of sp³-hybridized carbons (Fsp3) is 0.654. The Labute approximate surface area is 179 Å². The number of aliphatic hydroxyl groups is 1. The molecule has 4 aliphatic carbocycles. The van der Waals surface area contributed by atoms with Gasteiger partial charge >= 0.3 is 0 Å². The van der Waals surface area contributed by atoms with E-state index in [4.69, 9.17) is 0 Å². The van der Waals surface area contributed by atoms with E-state index >= 15 is 0 Å². The van der Waals surface area contributed by atoms with Crippen molar-refractivity contribution < 1.29 is 9.90 Å². The summed E-state index contributed by atoms with van der Waals surface area (Å²) in [6, 6.07) is 10.6. The zero-order valence-electron chi connectivity index (χ0n) is 17.8. The Balaban J connectivity index is 1.37. The molecule has 0 aromatic heterocycles. The molecule has 0 aliphatic heterocycles. The highest BCUT2D eigenvalue weighted by molar-refractivity contribution is 7.99. The van der Waals surface area contributed by atoms with Crippen LogP contribution in [-0.2, 0) is 4.79 Å². The van der Waals surface area contributed by atoms with Gasteiger partial charge in [0.05, 0.1) is 6.10 Å². The Morgan fingerprint density at radius 1 is 1.14 bits per heavy atom. The Morgan fingerprint density at radius 2 is 1.93 bits per heavy atom. The van der Waals surface area contributed by atoms with Crippen molar-refractivity contribution in [2.75, 3.05) is 5.75 Å². The standard InChI is InChI=1S/C26H34O2S/c1-25-11-10-22-21(23(25)13-19(27)15-25)9-8-18-12-24(28)17(14-26(18,22)2)16-29-20-6-4-3-5-7-20/h3-8,17,21-24,28H,9-16H2,1-2H3/t17?,21-,22+,23+,24-,25-,26+/m1/s1. The fourth-order valence-corrected chi connectivity index (χ4v) is 8.59. The molecule has 0 saturated heterocycles. The van der Waals surface area contributed by atoms with Crippen LogP contribution in [0.2, 0.25) is 0 Å². The predicted octanol–water partition coefficient (Wildman–Crippen LogP) is 5.90. The maximum absolute atomic E-state index is 12.3. The van der Waals surface area contributed by atoms with E-state index in [1.807, 2.05) is 11.8 Å². The first-order chi connectivity index (χ1) is 13.9. The number of thioether (sulfide) groups is 1. The summed E-state index contributed by atoms with van der Waals surface area (Å²) in [5.41, 5.74) is 1.97. The van der Waals surface area contributed by atoms with Crippen LogP contribution >= 0.6 is 11.8 Å². The maximum Gasteiger partial charge on any atom is 0.133 e. The molecule has 2 nitrogen and oxygen atoms in total. The lowest BCUT2D eigenvalue weighted by molar-refractivity contribution is -0.118. The smallest absolute Gasteiger partial charge is 0.133 e. The monoisotopic (exact) mass is 410 g/mol. The van der Waals surface area contributed by atoms with Crippen LogP contribution < -0.4 is 0 Å². The molecule has 5 rings (SSSR count). The van der Waals surface area contributed by atoms with Gasteiger partial charge in [-0.15, -0.1) is 11.8 Å². The third-order valence-corrected chi connectivity index (χ3v) is 10.3. The first kappa shape index (κ1) is 19.9. The molecule has 3 fully saturated rings. The van der Waals surface area contributed by atoms with Gasteiger partial charge in [-0.2, -0.15) is 0 Å². The molecule has 1 aromatic rings. The van der Waals surface area contributed by atoms with Crippen molar-refractivity contribution in [3.63, 3.8) is 0 Å². The Bertz CT molecular complexity index is 817. The van der Waals surface area contributed by atoms with Gasteiger partial charge in [-0.3, -0.25) is 4.79 Å². The van der Waals surface area contributed by atoms with Crippen molar-refractivity contribution in [3.05, 3.63) is 42.0 Å². The zero-order valence-corrected chi connectivity index (χ0v) is 18.6. The van der Waals surface area contributed by atoms with Crippen molar-refractivity contribution in [2.24, 2.45) is 34.5 Å². The average molecular weight is 411 g/mol. The SMILES string of the molecule is C[C@]12CC[C@H]3[C@@H](CC=C4C[C@@H](O)C(CSc5ccccc5)C[C@@]43C)[C@@H]1CC(=O)C2. The molecule has 0 amide bonds. The van der Waals surface area contributed by atoms with Crippen LogP contribution in [0.4, 0.5) is 0 Å². The van der Waals surface area contributed by atoms with Gasteiger partial charge in [-0.25, -0.2) is 0 Å². The number of Topliss-reactive ketones (excluding diaryl/α,β-unsaturated/α-hetero) is 1. The minimum atomic E-state index is -0.219. The topological polar surface area (TPSA) is 37.3 Å². The molecule has 0 heterocycles. The van der Waals surface area contributed by atoms with Crippen LogP contribution in [0.15, 0.2) is 46.9 Å². The lowest BCUT2D eigenvalue weighted by Gasteiger charge is -2.58. The largest absolute Gasteiger partial charge is 0.392 e. The van der Waals surface area contributed by atoms with Crippen LogP contribution in [0.1, 0.15) is 58.8 Å². The highest BCUT2D eigenvalue weighted by Gasteiger charge is 2.58. The highest BCUT2D eigenvalue weighted by Crippen LogP contribution is 2.64. The van der Waals surface area contributed by atoms with Gasteiger partial charge in [0.2, 0.25) is 0 Å². The summed E-state index contributed by atoms with van der Waals surface area (Å²) < 4.78 is 0. The third-order valence-electron chi connectivity index (χ3n) is 9.06. The van der Waals surface area contributed by atoms with Gasteiger partial charge < -0.3 is 5.11 Å². The van der Waals surface area contributed by atoms with Crippen LogP contribution in [0.25, 0.3) is 0 Å². The maximum atomic E-state index is 12.3. The molecule has 0 bridgehead atoms. The summed E-state index contributed by atoms with van der Waals surface area (Å²) in [6.07, 6.45) is 9.41. The number of rotatable bonds is 3. The fourth-order valence-electron chi connectivity index (χ4n) is 7.50. The van der Waals surface area contributed by atoms with Crippen molar-refractivity contribution in [1.82, 2.24) is 0 Å². The number of aliphatic hydroxyl groups excluding tert-OH is 1. The summed E-state index contributed by atoms with van der Waals surface area (Å²) >= 11 is 1.89. The number of benzene rings is 1. The quantitative estimate of drug-likeness (QED) is 0.498. The Kier molecular flexibility index (Phi) is 4.98. The van der Waals surface area contributed by atoms with Gasteiger partial charge in [-0.1, -0.05) is 43.7 Å². The van der Waals surface area contributed by atoms with Gasteiger partial charge in [0.1, 0.15) is 5.78 Å². The number of carbonyl (C=O) groups is 1. The highest BCUT2D eigenvalue weighted by atomic mass is 32.2. The molecular weight excluding hydrogens is 376 g/mol. The van der Waals surface area contributed by atoms with Crippen LogP contribution in [0, 0.1) is 34.5 Å². The van der Waals surface area contributed by atoms with Crippen LogP contribution in [0.3, 0.4) is 0 Å². The normalized spacial score (nSPS) is 43.9. The van der Waals surface area contributed by atoms with Gasteiger partial charge in [0.15, 0.2) is 0 Å². The van der Waals surface area contributed by atoms with E-state index in [2.05, 4.69) is 50.3 Å². The van der Waals surface area contributed by atoms with Crippen molar-refractivity contribution >= 4 is 17.5 Å². The Hall–Kier alpha value is -1.06. The predicted molar refractivity (Wildman–Crippen MR) is 119 cm³/mol. The van der Waals surface area contributed by atoms with E-state index in [0.717, 1.165) is 37.9 Å². The van der Waals surface area contributed by atoms with E-state index < -0.39 is 0 Å². The summed E-state index contributed by atoms with van der Waals surface area (Å²) in [7, 11) is 0. The molecule has 29 heavy (non-hydrogen) atoms. The minimum Gasteiger partial charge on any atom is -0.392 e. The molecule has 3 heteroatoms. The lowest BCUT2D eigenvalue weighted by atomic mass is 9.47. The van der Waals surface area contributed by atoms with Crippen molar-refractivity contribution in [2.45, 2.75) is 69.8 Å². The summed E-state index contributed by atoms with van der Waals surface area (Å²) in [6.45, 7) is 4.87. The molecule has 7 atom stereocenters. The molecule has 1 N–H and O–H groups in total. The zero-order chi connectivity index (χ0) is 20.2. The summed E-state index contributed by atoms with van der Waals surface area (Å²) in [4.78, 5) is 13.6. The first-order valence-electron chi connectivity index (χ1n) is 11.5. The molecule has 156 valence electrons.